The lowest BCUT2D eigenvalue weighted by Gasteiger charge is -2.28. The Balaban J connectivity index is 1.69. The van der Waals surface area contributed by atoms with Crippen LogP contribution in [0.4, 0.5) is 0 Å². The first kappa shape index (κ1) is 17.1. The molecule has 2 heterocycles. The van der Waals surface area contributed by atoms with E-state index < -0.39 is 0 Å². The summed E-state index contributed by atoms with van der Waals surface area (Å²) in [6.07, 6.45) is 2.06. The van der Waals surface area contributed by atoms with E-state index in [1.54, 1.807) is 7.11 Å². The van der Waals surface area contributed by atoms with Crippen molar-refractivity contribution < 1.29 is 4.74 Å². The third kappa shape index (κ3) is 3.52. The number of nitrogens with zero attached hydrogens (tertiary/aromatic N) is 3. The van der Waals surface area contributed by atoms with Crippen molar-refractivity contribution in [1.29, 1.82) is 0 Å². The fourth-order valence-electron chi connectivity index (χ4n) is 3.58. The number of hydrogen-bond donors (Lipinski definition) is 1. The van der Waals surface area contributed by atoms with E-state index >= 15 is 0 Å². The van der Waals surface area contributed by atoms with E-state index in [1.165, 1.54) is 22.3 Å². The summed E-state index contributed by atoms with van der Waals surface area (Å²) in [6.45, 7) is 10.2. The van der Waals surface area contributed by atoms with Crippen molar-refractivity contribution in [2.45, 2.75) is 65.8 Å². The summed E-state index contributed by atoms with van der Waals surface area (Å²) < 4.78 is 7.17. The molecule has 0 radical (unpaired) electrons. The van der Waals surface area contributed by atoms with Crippen LogP contribution in [0.3, 0.4) is 0 Å². The molecule has 2 aromatic rings. The first-order chi connectivity index (χ1) is 11.5. The molecular formula is C19H28N4O. The van der Waals surface area contributed by atoms with Gasteiger partial charge in [0.25, 0.3) is 0 Å². The summed E-state index contributed by atoms with van der Waals surface area (Å²) in [5, 5.41) is 8.34. The summed E-state index contributed by atoms with van der Waals surface area (Å²) in [5.74, 6) is 1.86. The second-order valence-corrected chi connectivity index (χ2v) is 6.98. The highest BCUT2D eigenvalue weighted by molar-refractivity contribution is 5.38. The standard InChI is InChI=1S/C19H28N4O/c1-12-8-14(3)17(9-13(12)2)15(4)20-16-6-7-19-21-18(11-24-5)22-23(19)10-16/h8-9,15-16,20H,6-7,10-11H2,1-5H3/t15-,16-/m0/s1. The van der Waals surface area contributed by atoms with Crippen molar-refractivity contribution in [3.63, 3.8) is 0 Å². The number of benzene rings is 1. The molecule has 1 aliphatic rings. The van der Waals surface area contributed by atoms with Crippen LogP contribution in [0.15, 0.2) is 12.1 Å². The Hall–Kier alpha value is -1.72. The monoisotopic (exact) mass is 328 g/mol. The molecule has 0 unspecified atom stereocenters. The summed E-state index contributed by atoms with van der Waals surface area (Å²) in [5.41, 5.74) is 5.47. The van der Waals surface area contributed by atoms with Crippen molar-refractivity contribution in [2.75, 3.05) is 7.11 Å². The van der Waals surface area contributed by atoms with Gasteiger partial charge >= 0.3 is 0 Å². The van der Waals surface area contributed by atoms with Gasteiger partial charge in [0.1, 0.15) is 12.4 Å². The Kier molecular flexibility index (Phi) is 5.01. The Bertz CT molecular complexity index is 722. The van der Waals surface area contributed by atoms with E-state index in [9.17, 15) is 0 Å². The minimum atomic E-state index is 0.331. The van der Waals surface area contributed by atoms with Gasteiger partial charge in [0.05, 0.1) is 6.54 Å². The molecule has 3 rings (SSSR count). The van der Waals surface area contributed by atoms with Crippen LogP contribution in [0, 0.1) is 20.8 Å². The fourth-order valence-corrected chi connectivity index (χ4v) is 3.58. The van der Waals surface area contributed by atoms with Gasteiger partial charge in [-0.05, 0) is 56.4 Å². The number of methoxy groups -OCH3 is 1. The van der Waals surface area contributed by atoms with E-state index in [4.69, 9.17) is 4.74 Å². The van der Waals surface area contributed by atoms with Gasteiger partial charge in [-0.2, -0.15) is 5.10 Å². The number of fused-ring (bicyclic) bond motifs is 1. The summed E-state index contributed by atoms with van der Waals surface area (Å²) in [6, 6.07) is 5.36. The number of nitrogens with one attached hydrogen (secondary N) is 1. The molecule has 0 amide bonds. The van der Waals surface area contributed by atoms with Crippen LogP contribution in [0.5, 0.6) is 0 Å². The van der Waals surface area contributed by atoms with Gasteiger partial charge in [0.15, 0.2) is 5.82 Å². The largest absolute Gasteiger partial charge is 0.377 e. The molecule has 0 bridgehead atoms. The van der Waals surface area contributed by atoms with Crippen LogP contribution in [-0.4, -0.2) is 27.9 Å². The van der Waals surface area contributed by atoms with Gasteiger partial charge in [-0.3, -0.25) is 0 Å². The molecule has 0 saturated carbocycles. The zero-order valence-corrected chi connectivity index (χ0v) is 15.4. The predicted molar refractivity (Wildman–Crippen MR) is 95.0 cm³/mol. The van der Waals surface area contributed by atoms with Gasteiger partial charge in [-0.25, -0.2) is 9.67 Å². The lowest BCUT2D eigenvalue weighted by atomic mass is 9.95. The highest BCUT2D eigenvalue weighted by Gasteiger charge is 2.23. The average Bonchev–Trinajstić information content (AvgIpc) is 2.92. The minimum absolute atomic E-state index is 0.331. The van der Waals surface area contributed by atoms with Crippen molar-refractivity contribution in [3.05, 3.63) is 46.0 Å². The molecule has 5 nitrogen and oxygen atoms in total. The summed E-state index contributed by atoms with van der Waals surface area (Å²) >= 11 is 0. The maximum atomic E-state index is 5.13. The summed E-state index contributed by atoms with van der Waals surface area (Å²) in [4.78, 5) is 4.55. The minimum Gasteiger partial charge on any atom is -0.377 e. The highest BCUT2D eigenvalue weighted by atomic mass is 16.5. The van der Waals surface area contributed by atoms with Crippen LogP contribution < -0.4 is 5.32 Å². The third-order valence-electron chi connectivity index (χ3n) is 5.01. The third-order valence-corrected chi connectivity index (χ3v) is 5.01. The first-order valence-corrected chi connectivity index (χ1v) is 8.73. The molecule has 0 fully saturated rings. The van der Waals surface area contributed by atoms with Crippen molar-refractivity contribution in [3.8, 4) is 0 Å². The van der Waals surface area contributed by atoms with Crippen molar-refractivity contribution in [1.82, 2.24) is 20.1 Å². The molecule has 2 atom stereocenters. The normalized spacial score (nSPS) is 18.5. The number of aryl methyl sites for hydroxylation is 4. The van der Waals surface area contributed by atoms with Crippen LogP contribution in [0.1, 0.15) is 53.3 Å². The van der Waals surface area contributed by atoms with Gasteiger partial charge in [0.2, 0.25) is 0 Å². The van der Waals surface area contributed by atoms with Crippen LogP contribution in [0.25, 0.3) is 0 Å². The van der Waals surface area contributed by atoms with Crippen LogP contribution in [0.2, 0.25) is 0 Å². The maximum Gasteiger partial charge on any atom is 0.176 e. The van der Waals surface area contributed by atoms with Gasteiger partial charge in [-0.1, -0.05) is 12.1 Å². The molecule has 130 valence electrons. The molecule has 1 aromatic carbocycles. The van der Waals surface area contributed by atoms with E-state index in [2.05, 4.69) is 55.2 Å². The molecule has 1 aromatic heterocycles. The second kappa shape index (κ2) is 7.03. The predicted octanol–water partition coefficient (Wildman–Crippen LogP) is 3.02. The molecule has 1 N–H and O–H groups in total. The number of rotatable bonds is 5. The molecule has 0 aliphatic carbocycles. The first-order valence-electron chi connectivity index (χ1n) is 8.73. The van der Waals surface area contributed by atoms with Crippen molar-refractivity contribution in [2.24, 2.45) is 0 Å². The van der Waals surface area contributed by atoms with E-state index in [-0.39, 0.29) is 0 Å². The van der Waals surface area contributed by atoms with Crippen LogP contribution in [-0.2, 0) is 24.3 Å². The molecule has 0 saturated heterocycles. The zero-order valence-electron chi connectivity index (χ0n) is 15.4. The molecule has 1 aliphatic heterocycles. The van der Waals surface area contributed by atoms with E-state index in [1.807, 2.05) is 4.68 Å². The average molecular weight is 328 g/mol. The molecule has 5 heteroatoms. The van der Waals surface area contributed by atoms with Crippen molar-refractivity contribution >= 4 is 0 Å². The van der Waals surface area contributed by atoms with E-state index in [0.717, 1.165) is 31.0 Å². The number of hydrogen-bond acceptors (Lipinski definition) is 4. The Labute approximate surface area is 144 Å². The Morgan fingerprint density at radius 3 is 2.75 bits per heavy atom. The maximum absolute atomic E-state index is 5.13. The molecule has 0 spiro atoms. The smallest absolute Gasteiger partial charge is 0.176 e. The second-order valence-electron chi connectivity index (χ2n) is 6.98. The fraction of sp³-hybridized carbons (Fsp3) is 0.579. The topological polar surface area (TPSA) is 52.0 Å². The van der Waals surface area contributed by atoms with Gasteiger partial charge in [-0.15, -0.1) is 0 Å². The highest BCUT2D eigenvalue weighted by Crippen LogP contribution is 2.23. The van der Waals surface area contributed by atoms with Gasteiger partial charge in [0, 0.05) is 25.6 Å². The zero-order chi connectivity index (χ0) is 17.3. The lowest BCUT2D eigenvalue weighted by molar-refractivity contribution is 0.177. The van der Waals surface area contributed by atoms with E-state index in [0.29, 0.717) is 18.7 Å². The summed E-state index contributed by atoms with van der Waals surface area (Å²) in [7, 11) is 1.68. The molecular weight excluding hydrogens is 300 g/mol. The van der Waals surface area contributed by atoms with Gasteiger partial charge < -0.3 is 10.1 Å². The Morgan fingerprint density at radius 2 is 2.00 bits per heavy atom. The number of aromatic nitrogens is 3. The number of ether oxygens (including phenoxy) is 1. The Morgan fingerprint density at radius 1 is 1.25 bits per heavy atom. The quantitative estimate of drug-likeness (QED) is 0.917. The SMILES string of the molecule is COCc1nc2n(n1)C[C@@H](N[C@@H](C)c1cc(C)c(C)cc1C)CC2. The molecule has 24 heavy (non-hydrogen) atoms. The lowest BCUT2D eigenvalue weighted by Crippen LogP contribution is -2.39. The van der Waals surface area contributed by atoms with Crippen LogP contribution >= 0.6 is 0 Å².